The zero-order valence-electron chi connectivity index (χ0n) is 15.9. The topological polar surface area (TPSA) is 0 Å². The molecule has 0 aliphatic heterocycles. The minimum Gasteiger partial charge on any atom is -0.358 e. The van der Waals surface area contributed by atoms with Crippen LogP contribution in [0.5, 0.6) is 0 Å². The van der Waals surface area contributed by atoms with Crippen molar-refractivity contribution in [1.29, 1.82) is 0 Å². The van der Waals surface area contributed by atoms with E-state index in [1.54, 1.807) is 0 Å². The van der Waals surface area contributed by atoms with Gasteiger partial charge in [0.1, 0.15) is 0 Å². The van der Waals surface area contributed by atoms with Crippen LogP contribution in [0.25, 0.3) is 6.08 Å². The molecule has 0 fully saturated rings. The Morgan fingerprint density at radius 1 is 0.870 bits per heavy atom. The fourth-order valence-electron chi connectivity index (χ4n) is 2.07. The van der Waals surface area contributed by atoms with Gasteiger partial charge in [-0.1, -0.05) is 43.9 Å². The van der Waals surface area contributed by atoms with Crippen molar-refractivity contribution in [1.82, 2.24) is 0 Å². The minimum absolute atomic E-state index is 0. The van der Waals surface area contributed by atoms with Gasteiger partial charge in [0.25, 0.3) is 0 Å². The van der Waals surface area contributed by atoms with Gasteiger partial charge in [-0.25, -0.2) is 18.2 Å². The maximum absolute atomic E-state index is 3.40. The second kappa shape index (κ2) is 17.5. The first-order valence-corrected chi connectivity index (χ1v) is 6.14. The summed E-state index contributed by atoms with van der Waals surface area (Å²) in [5.41, 5.74) is 2.78. The van der Waals surface area contributed by atoms with Crippen LogP contribution in [0.1, 0.15) is 30.9 Å². The van der Waals surface area contributed by atoms with Crippen LogP contribution in [0.3, 0.4) is 0 Å². The maximum Gasteiger partial charge on any atom is 0 e. The molecular formula is C22H33Hf-7. The summed E-state index contributed by atoms with van der Waals surface area (Å²) in [6, 6.07) is 18.6. The fraction of sp³-hybridized carbons (Fsp3) is 0.182. The van der Waals surface area contributed by atoms with Crippen molar-refractivity contribution in [2.75, 3.05) is 0 Å². The van der Waals surface area contributed by atoms with E-state index in [9.17, 15) is 0 Å². The molecule has 2 aromatic carbocycles. The zero-order chi connectivity index (χ0) is 12.1. The molecule has 0 amide bonds. The van der Waals surface area contributed by atoms with Crippen LogP contribution >= 0.6 is 0 Å². The van der Waals surface area contributed by atoms with Crippen LogP contribution in [0, 0.1) is 49.1 Å². The van der Waals surface area contributed by atoms with Gasteiger partial charge in [0, 0.05) is 25.8 Å². The molecule has 0 bridgehead atoms. The molecule has 1 heteroatoms. The van der Waals surface area contributed by atoms with E-state index in [4.69, 9.17) is 0 Å². The van der Waals surface area contributed by atoms with E-state index in [0.717, 1.165) is 0 Å². The molecule has 2 aromatic rings. The maximum atomic E-state index is 3.40. The fourth-order valence-corrected chi connectivity index (χ4v) is 2.07. The van der Waals surface area contributed by atoms with Gasteiger partial charge in [-0.2, -0.15) is 23.8 Å². The second-order valence-electron chi connectivity index (χ2n) is 4.62. The smallest absolute Gasteiger partial charge is 0 e. The first kappa shape index (κ1) is 33.7. The summed E-state index contributed by atoms with van der Waals surface area (Å²) in [5.74, 6) is 1.17. The SMILES string of the molecule is CC(C)C1[C-]=Cc2ccccc21.[CH3-].[CH3-].[CH3-].[CH3-].[CH3-].[Hf].c1cc[cH-]c1. The van der Waals surface area contributed by atoms with E-state index in [-0.39, 0.29) is 63.0 Å². The summed E-state index contributed by atoms with van der Waals surface area (Å²) in [6.07, 6.45) is 5.51. The molecule has 0 saturated heterocycles. The Labute approximate surface area is 166 Å². The Balaban J connectivity index is -0.0000000876. The third-order valence-electron chi connectivity index (χ3n) is 2.97. The number of rotatable bonds is 1. The second-order valence-corrected chi connectivity index (χ2v) is 4.62. The molecule has 0 spiro atoms. The summed E-state index contributed by atoms with van der Waals surface area (Å²) in [7, 11) is 0. The van der Waals surface area contributed by atoms with E-state index >= 15 is 0 Å². The average molecular weight is 476 g/mol. The Morgan fingerprint density at radius 2 is 1.39 bits per heavy atom. The molecule has 3 rings (SSSR count). The molecule has 1 aliphatic rings. The summed E-state index contributed by atoms with van der Waals surface area (Å²) >= 11 is 0. The number of fused-ring (bicyclic) bond motifs is 1. The molecule has 1 aliphatic carbocycles. The predicted molar refractivity (Wildman–Crippen MR) is 106 cm³/mol. The molecule has 23 heavy (non-hydrogen) atoms. The van der Waals surface area contributed by atoms with Crippen molar-refractivity contribution in [3.05, 3.63) is 109 Å². The zero-order valence-corrected chi connectivity index (χ0v) is 19.5. The normalized spacial score (nSPS) is 12.2. The number of hydrogen-bond acceptors (Lipinski definition) is 0. The summed E-state index contributed by atoms with van der Waals surface area (Å²) in [5, 5.41) is 0. The van der Waals surface area contributed by atoms with Gasteiger partial charge in [0.2, 0.25) is 0 Å². The summed E-state index contributed by atoms with van der Waals surface area (Å²) in [4.78, 5) is 0. The molecular weight excluding hydrogens is 443 g/mol. The van der Waals surface area contributed by atoms with Gasteiger partial charge in [0.05, 0.1) is 0 Å². The Hall–Kier alpha value is -0.820. The number of hydrogen-bond donors (Lipinski definition) is 0. The minimum atomic E-state index is 0. The number of benzene rings is 1. The first-order chi connectivity index (χ1) is 8.29. The van der Waals surface area contributed by atoms with Gasteiger partial charge in [-0.05, 0) is 0 Å². The monoisotopic (exact) mass is 477 g/mol. The predicted octanol–water partition coefficient (Wildman–Crippen LogP) is 6.91. The quantitative estimate of drug-likeness (QED) is 0.310. The first-order valence-electron chi connectivity index (χ1n) is 6.14. The standard InChI is InChI=1S/C12H13.C5H5.5CH3.Hf/c1-9(2)11-8-7-10-5-3-4-6-12(10)11;1-2-4-5-3-1;;;;;;/h3-7,9,11H,1-2H3;1-5H;5*1H3;/q7*-1;. The van der Waals surface area contributed by atoms with Crippen molar-refractivity contribution >= 4 is 6.08 Å². The Kier molecular flexibility index (Phi) is 25.7. The van der Waals surface area contributed by atoms with Crippen molar-refractivity contribution in [3.8, 4) is 0 Å². The van der Waals surface area contributed by atoms with Crippen molar-refractivity contribution in [2.24, 2.45) is 5.92 Å². The molecule has 0 heterocycles. The van der Waals surface area contributed by atoms with Crippen LogP contribution in [0.2, 0.25) is 0 Å². The Bertz CT molecular complexity index is 449. The molecule has 0 saturated carbocycles. The van der Waals surface area contributed by atoms with Crippen molar-refractivity contribution in [2.45, 2.75) is 19.8 Å². The van der Waals surface area contributed by atoms with Gasteiger partial charge in [-0.3, -0.25) is 6.08 Å². The third kappa shape index (κ3) is 9.81. The van der Waals surface area contributed by atoms with Gasteiger partial charge < -0.3 is 37.1 Å². The van der Waals surface area contributed by atoms with Crippen LogP contribution in [0.15, 0.2) is 54.6 Å². The van der Waals surface area contributed by atoms with E-state index in [1.165, 1.54) is 11.1 Å². The van der Waals surface area contributed by atoms with Gasteiger partial charge in [0.15, 0.2) is 0 Å². The van der Waals surface area contributed by atoms with Crippen LogP contribution in [-0.4, -0.2) is 0 Å². The largest absolute Gasteiger partial charge is 0.358 e. The third-order valence-corrected chi connectivity index (χ3v) is 2.97. The number of allylic oxidation sites excluding steroid dienone is 1. The van der Waals surface area contributed by atoms with E-state index < -0.39 is 0 Å². The molecule has 1 unspecified atom stereocenters. The van der Waals surface area contributed by atoms with Crippen LogP contribution < -0.4 is 0 Å². The Morgan fingerprint density at radius 3 is 1.83 bits per heavy atom. The molecule has 0 nitrogen and oxygen atoms in total. The summed E-state index contributed by atoms with van der Waals surface area (Å²) in [6.45, 7) is 4.49. The molecule has 132 valence electrons. The molecule has 0 radical (unpaired) electrons. The van der Waals surface area contributed by atoms with Gasteiger partial charge in [-0.15, -0.1) is 11.6 Å². The molecule has 0 aromatic heterocycles. The van der Waals surface area contributed by atoms with Crippen LogP contribution in [-0.2, 0) is 25.8 Å². The molecule has 0 N–H and O–H groups in total. The molecule has 1 atom stereocenters. The average Bonchev–Trinajstić information content (AvgIpc) is 3.02. The summed E-state index contributed by atoms with van der Waals surface area (Å²) < 4.78 is 0. The van der Waals surface area contributed by atoms with Gasteiger partial charge >= 0.3 is 0 Å². The van der Waals surface area contributed by atoms with E-state index in [2.05, 4.69) is 50.3 Å². The van der Waals surface area contributed by atoms with E-state index in [1.807, 2.05) is 30.3 Å². The van der Waals surface area contributed by atoms with Crippen molar-refractivity contribution in [3.63, 3.8) is 0 Å². The van der Waals surface area contributed by atoms with E-state index in [0.29, 0.717) is 11.8 Å². The van der Waals surface area contributed by atoms with Crippen LogP contribution in [0.4, 0.5) is 0 Å². The van der Waals surface area contributed by atoms with Crippen molar-refractivity contribution < 1.29 is 25.8 Å².